The molecule has 108 valence electrons. The van der Waals surface area contributed by atoms with E-state index in [0.29, 0.717) is 5.69 Å². The molecule has 0 saturated heterocycles. The van der Waals surface area contributed by atoms with Gasteiger partial charge in [-0.2, -0.15) is 0 Å². The van der Waals surface area contributed by atoms with Crippen LogP contribution in [0, 0.1) is 5.92 Å². The van der Waals surface area contributed by atoms with Gasteiger partial charge in [0.15, 0.2) is 0 Å². The SMILES string of the molecule is Cl.NC(C(=O)O)c1ccc(CCC2CCCCC2)[nH]1. The number of aromatic amines is 1. The summed E-state index contributed by atoms with van der Waals surface area (Å²) in [5.41, 5.74) is 7.26. The van der Waals surface area contributed by atoms with Crippen LogP contribution in [-0.4, -0.2) is 16.1 Å². The Kier molecular flexibility index (Phi) is 6.38. The van der Waals surface area contributed by atoms with Crippen LogP contribution < -0.4 is 5.73 Å². The molecule has 0 radical (unpaired) electrons. The minimum atomic E-state index is -0.990. The largest absolute Gasteiger partial charge is 0.480 e. The normalized spacial score (nSPS) is 17.7. The van der Waals surface area contributed by atoms with Crippen LogP contribution in [0.25, 0.3) is 0 Å². The highest BCUT2D eigenvalue weighted by Gasteiger charge is 2.17. The van der Waals surface area contributed by atoms with Crippen LogP contribution in [0.1, 0.15) is 56.0 Å². The molecule has 4 N–H and O–H groups in total. The molecule has 4 nitrogen and oxygen atoms in total. The number of hydrogen-bond acceptors (Lipinski definition) is 2. The first-order chi connectivity index (χ1) is 8.66. The number of aliphatic carboxylic acids is 1. The molecule has 0 spiro atoms. The van der Waals surface area contributed by atoms with Gasteiger partial charge in [-0.3, -0.25) is 4.79 Å². The topological polar surface area (TPSA) is 79.1 Å². The van der Waals surface area contributed by atoms with E-state index in [9.17, 15) is 4.79 Å². The summed E-state index contributed by atoms with van der Waals surface area (Å²) in [7, 11) is 0. The van der Waals surface area contributed by atoms with Crippen molar-refractivity contribution in [3.05, 3.63) is 23.5 Å². The van der Waals surface area contributed by atoms with E-state index in [1.165, 1.54) is 38.5 Å². The zero-order valence-corrected chi connectivity index (χ0v) is 11.9. The number of nitrogens with one attached hydrogen (secondary N) is 1. The summed E-state index contributed by atoms with van der Waals surface area (Å²) in [6.45, 7) is 0. The highest BCUT2D eigenvalue weighted by Crippen LogP contribution is 2.27. The minimum absolute atomic E-state index is 0. The molecule has 0 aromatic carbocycles. The van der Waals surface area contributed by atoms with Crippen molar-refractivity contribution in [1.29, 1.82) is 0 Å². The Morgan fingerprint density at radius 1 is 1.37 bits per heavy atom. The Labute approximate surface area is 120 Å². The summed E-state index contributed by atoms with van der Waals surface area (Å²) in [6, 6.07) is 2.81. The fourth-order valence-corrected chi connectivity index (χ4v) is 2.75. The summed E-state index contributed by atoms with van der Waals surface area (Å²) in [6.07, 6.45) is 9.01. The molecule has 0 amide bonds. The highest BCUT2D eigenvalue weighted by molar-refractivity contribution is 5.85. The number of H-pyrrole nitrogens is 1. The number of aromatic nitrogens is 1. The summed E-state index contributed by atoms with van der Waals surface area (Å²) in [5.74, 6) is -0.144. The molecule has 0 bridgehead atoms. The molecule has 0 aliphatic heterocycles. The van der Waals surface area contributed by atoms with E-state index in [1.807, 2.05) is 6.07 Å². The quantitative estimate of drug-likeness (QED) is 0.778. The van der Waals surface area contributed by atoms with Gasteiger partial charge in [-0.25, -0.2) is 0 Å². The van der Waals surface area contributed by atoms with Gasteiger partial charge in [0.1, 0.15) is 6.04 Å². The first-order valence-electron chi connectivity index (χ1n) is 6.83. The van der Waals surface area contributed by atoms with Crippen molar-refractivity contribution in [3.63, 3.8) is 0 Å². The van der Waals surface area contributed by atoms with Crippen LogP contribution in [0.3, 0.4) is 0 Å². The molecular weight excluding hydrogens is 264 g/mol. The van der Waals surface area contributed by atoms with Crippen molar-refractivity contribution in [1.82, 2.24) is 4.98 Å². The van der Waals surface area contributed by atoms with Crippen LogP contribution >= 0.6 is 12.4 Å². The maximum Gasteiger partial charge on any atom is 0.326 e. The third-order valence-electron chi connectivity index (χ3n) is 3.92. The Bertz CT molecular complexity index is 400. The van der Waals surface area contributed by atoms with E-state index < -0.39 is 12.0 Å². The second kappa shape index (κ2) is 7.56. The smallest absolute Gasteiger partial charge is 0.326 e. The fourth-order valence-electron chi connectivity index (χ4n) is 2.75. The van der Waals surface area contributed by atoms with Crippen LogP contribution in [0.4, 0.5) is 0 Å². The lowest BCUT2D eigenvalue weighted by molar-refractivity contribution is -0.138. The number of carbonyl (C=O) groups is 1. The first-order valence-corrected chi connectivity index (χ1v) is 6.83. The molecule has 1 saturated carbocycles. The lowest BCUT2D eigenvalue weighted by Gasteiger charge is -2.20. The van der Waals surface area contributed by atoms with E-state index >= 15 is 0 Å². The second-order valence-corrected chi connectivity index (χ2v) is 5.30. The van der Waals surface area contributed by atoms with Gasteiger partial charge in [0.25, 0.3) is 0 Å². The molecule has 1 heterocycles. The summed E-state index contributed by atoms with van der Waals surface area (Å²) < 4.78 is 0. The molecule has 1 aliphatic carbocycles. The Balaban J connectivity index is 0.00000180. The second-order valence-electron chi connectivity index (χ2n) is 5.30. The zero-order chi connectivity index (χ0) is 13.0. The predicted octanol–water partition coefficient (Wildman–Crippen LogP) is 3.03. The fraction of sp³-hybridized carbons (Fsp3) is 0.643. The predicted molar refractivity (Wildman–Crippen MR) is 77.5 cm³/mol. The van der Waals surface area contributed by atoms with Crippen molar-refractivity contribution >= 4 is 18.4 Å². The van der Waals surface area contributed by atoms with Crippen molar-refractivity contribution in [2.75, 3.05) is 0 Å². The van der Waals surface area contributed by atoms with Gasteiger partial charge >= 0.3 is 5.97 Å². The van der Waals surface area contributed by atoms with E-state index in [4.69, 9.17) is 10.8 Å². The molecule has 19 heavy (non-hydrogen) atoms. The maximum atomic E-state index is 10.8. The first kappa shape index (κ1) is 16.1. The van der Waals surface area contributed by atoms with Crippen LogP contribution in [0.5, 0.6) is 0 Å². The molecule has 1 unspecified atom stereocenters. The molecule has 2 rings (SSSR count). The molecular formula is C14H23ClN2O2. The van der Waals surface area contributed by atoms with E-state index in [1.54, 1.807) is 6.07 Å². The summed E-state index contributed by atoms with van der Waals surface area (Å²) >= 11 is 0. The Hall–Kier alpha value is -1.00. The third kappa shape index (κ3) is 4.55. The minimum Gasteiger partial charge on any atom is -0.480 e. The standard InChI is InChI=1S/C14H22N2O2.ClH/c15-13(14(17)18)12-9-8-11(16-12)7-6-10-4-2-1-3-5-10;/h8-10,13,16H,1-7,15H2,(H,17,18);1H. The number of carboxylic acid groups (broad SMARTS) is 1. The van der Waals surface area contributed by atoms with Gasteiger partial charge < -0.3 is 15.8 Å². The number of halogens is 1. The molecule has 1 fully saturated rings. The van der Waals surface area contributed by atoms with Crippen molar-refractivity contribution < 1.29 is 9.90 Å². The van der Waals surface area contributed by atoms with Gasteiger partial charge in [-0.15, -0.1) is 12.4 Å². The maximum absolute atomic E-state index is 10.8. The third-order valence-corrected chi connectivity index (χ3v) is 3.92. The highest BCUT2D eigenvalue weighted by atomic mass is 35.5. The van der Waals surface area contributed by atoms with Gasteiger partial charge in [-0.05, 0) is 30.9 Å². The monoisotopic (exact) mass is 286 g/mol. The zero-order valence-electron chi connectivity index (χ0n) is 11.1. The van der Waals surface area contributed by atoms with Gasteiger partial charge in [0.05, 0.1) is 0 Å². The van der Waals surface area contributed by atoms with Crippen LogP contribution in [0.15, 0.2) is 12.1 Å². The number of rotatable bonds is 5. The van der Waals surface area contributed by atoms with E-state index in [0.717, 1.165) is 18.0 Å². The lowest BCUT2D eigenvalue weighted by Crippen LogP contribution is -2.20. The molecule has 1 aromatic rings. The van der Waals surface area contributed by atoms with Crippen molar-refractivity contribution in [2.45, 2.75) is 51.0 Å². The van der Waals surface area contributed by atoms with Gasteiger partial charge in [0, 0.05) is 11.4 Å². The number of hydrogen-bond donors (Lipinski definition) is 3. The van der Waals surface area contributed by atoms with Crippen LogP contribution in [-0.2, 0) is 11.2 Å². The van der Waals surface area contributed by atoms with Crippen LogP contribution in [0.2, 0.25) is 0 Å². The Morgan fingerprint density at radius 2 is 2.05 bits per heavy atom. The lowest BCUT2D eigenvalue weighted by atomic mass is 9.86. The number of aryl methyl sites for hydroxylation is 1. The van der Waals surface area contributed by atoms with Gasteiger partial charge in [-0.1, -0.05) is 32.1 Å². The molecule has 1 aliphatic rings. The average Bonchev–Trinajstić information content (AvgIpc) is 2.85. The number of carboxylic acids is 1. The van der Waals surface area contributed by atoms with Gasteiger partial charge in [0.2, 0.25) is 0 Å². The van der Waals surface area contributed by atoms with E-state index in [2.05, 4.69) is 4.98 Å². The number of nitrogens with two attached hydrogens (primary N) is 1. The van der Waals surface area contributed by atoms with Crippen molar-refractivity contribution in [2.24, 2.45) is 11.7 Å². The Morgan fingerprint density at radius 3 is 2.68 bits per heavy atom. The molecule has 1 atom stereocenters. The molecule has 5 heteroatoms. The summed E-state index contributed by atoms with van der Waals surface area (Å²) in [5, 5.41) is 8.83. The molecule has 1 aromatic heterocycles. The van der Waals surface area contributed by atoms with E-state index in [-0.39, 0.29) is 12.4 Å². The average molecular weight is 287 g/mol. The summed E-state index contributed by atoms with van der Waals surface area (Å²) in [4.78, 5) is 13.9. The van der Waals surface area contributed by atoms with Crippen molar-refractivity contribution in [3.8, 4) is 0 Å².